The minimum Gasteiger partial charge on any atom is -0.247 e. The molecule has 10 heteroatoms. The van der Waals surface area contributed by atoms with Gasteiger partial charge in [-0.1, -0.05) is 6.92 Å². The summed E-state index contributed by atoms with van der Waals surface area (Å²) < 4.78 is 128. The topological polar surface area (TPSA) is 0 Å². The van der Waals surface area contributed by atoms with E-state index in [1.165, 1.54) is 0 Å². The van der Waals surface area contributed by atoms with E-state index < -0.39 is 42.0 Å². The Morgan fingerprint density at radius 2 is 1.11 bits per heavy atom. The van der Waals surface area contributed by atoms with Crippen LogP contribution in [0.15, 0.2) is 0 Å². The minimum atomic E-state index is -6.71. The molecular formula is C8H6F10. The summed E-state index contributed by atoms with van der Waals surface area (Å²) in [6.07, 6.45) is 0. The predicted octanol–water partition coefficient (Wildman–Crippen LogP) is 3.86. The minimum absolute atomic E-state index is 0.170. The first kappa shape index (κ1) is 15.4. The van der Waals surface area contributed by atoms with E-state index in [0.29, 0.717) is 0 Å². The third-order valence-corrected chi connectivity index (χ3v) is 3.15. The van der Waals surface area contributed by atoms with Crippen molar-refractivity contribution in [2.24, 2.45) is 5.92 Å². The van der Waals surface area contributed by atoms with Crippen molar-refractivity contribution < 1.29 is 43.9 Å². The van der Waals surface area contributed by atoms with Crippen LogP contribution in [0.5, 0.6) is 0 Å². The standard InChI is InChI=1S/C8H6F10/c1-3-4(10,2-9)6(13,14)8(17,18)7(15,16)5(3,11)12/h3H,2H2,1H3. The smallest absolute Gasteiger partial charge is 0.247 e. The van der Waals surface area contributed by atoms with E-state index in [1.807, 2.05) is 0 Å². The quantitative estimate of drug-likeness (QED) is 0.644. The van der Waals surface area contributed by atoms with Gasteiger partial charge in [-0.3, -0.25) is 0 Å². The van der Waals surface area contributed by atoms with Gasteiger partial charge in [0.05, 0.1) is 5.92 Å². The van der Waals surface area contributed by atoms with Crippen LogP contribution in [0.2, 0.25) is 0 Å². The monoisotopic (exact) mass is 292 g/mol. The van der Waals surface area contributed by atoms with Gasteiger partial charge in [-0.25, -0.2) is 8.78 Å². The molecule has 0 saturated heterocycles. The van der Waals surface area contributed by atoms with Crippen molar-refractivity contribution >= 4 is 0 Å². The van der Waals surface area contributed by atoms with Crippen molar-refractivity contribution in [2.75, 3.05) is 6.67 Å². The molecule has 0 N–H and O–H groups in total. The van der Waals surface area contributed by atoms with Crippen molar-refractivity contribution in [2.45, 2.75) is 36.3 Å². The van der Waals surface area contributed by atoms with E-state index in [0.717, 1.165) is 0 Å². The van der Waals surface area contributed by atoms with Gasteiger partial charge >= 0.3 is 23.7 Å². The third kappa shape index (κ3) is 1.24. The highest BCUT2D eigenvalue weighted by molar-refractivity contribution is 5.21. The molecule has 0 aliphatic heterocycles. The van der Waals surface area contributed by atoms with Gasteiger partial charge in [0.1, 0.15) is 6.67 Å². The zero-order valence-electron chi connectivity index (χ0n) is 8.56. The lowest BCUT2D eigenvalue weighted by Crippen LogP contribution is -2.78. The Balaban J connectivity index is 3.60. The lowest BCUT2D eigenvalue weighted by Gasteiger charge is -2.51. The molecule has 0 nitrogen and oxygen atoms in total. The fourth-order valence-electron chi connectivity index (χ4n) is 1.70. The van der Waals surface area contributed by atoms with E-state index >= 15 is 0 Å². The second kappa shape index (κ2) is 3.44. The van der Waals surface area contributed by atoms with Gasteiger partial charge in [0.15, 0.2) is 0 Å². The number of halogens is 10. The van der Waals surface area contributed by atoms with Crippen molar-refractivity contribution in [1.82, 2.24) is 0 Å². The van der Waals surface area contributed by atoms with Crippen LogP contribution in [-0.2, 0) is 0 Å². The van der Waals surface area contributed by atoms with Crippen LogP contribution in [-0.4, -0.2) is 36.0 Å². The summed E-state index contributed by atoms with van der Waals surface area (Å²) in [6.45, 7) is -3.11. The first-order chi connectivity index (χ1) is 7.72. The largest absolute Gasteiger partial charge is 0.381 e. The maximum absolute atomic E-state index is 13.4. The number of rotatable bonds is 1. The second-order valence-corrected chi connectivity index (χ2v) is 4.06. The maximum atomic E-state index is 13.4. The average Bonchev–Trinajstić information content (AvgIpc) is 2.24. The van der Waals surface area contributed by atoms with Gasteiger partial charge in [-0.2, -0.15) is 35.1 Å². The molecule has 1 rings (SSSR count). The molecular weight excluding hydrogens is 286 g/mol. The van der Waals surface area contributed by atoms with Crippen molar-refractivity contribution in [1.29, 1.82) is 0 Å². The Hall–Kier alpha value is -0.700. The van der Waals surface area contributed by atoms with Gasteiger partial charge in [-0.15, -0.1) is 0 Å². The Morgan fingerprint density at radius 1 is 0.722 bits per heavy atom. The zero-order chi connectivity index (χ0) is 14.8. The summed E-state index contributed by atoms with van der Waals surface area (Å²) in [5.74, 6) is -28.9. The predicted molar refractivity (Wildman–Crippen MR) is 38.8 cm³/mol. The summed E-state index contributed by atoms with van der Waals surface area (Å²) in [7, 11) is 0. The Labute approximate surface area is 93.9 Å². The molecule has 0 bridgehead atoms. The summed E-state index contributed by atoms with van der Waals surface area (Å²) in [6, 6.07) is 0. The van der Waals surface area contributed by atoms with Crippen molar-refractivity contribution in [3.8, 4) is 0 Å². The fourth-order valence-corrected chi connectivity index (χ4v) is 1.70. The SMILES string of the molecule is CC1C(F)(F)C(F)(F)C(F)(F)C(F)(F)C1(F)CF. The normalized spacial score (nSPS) is 40.5. The molecule has 1 aliphatic carbocycles. The van der Waals surface area contributed by atoms with Gasteiger partial charge in [0.2, 0.25) is 5.67 Å². The molecule has 1 saturated carbocycles. The molecule has 0 aromatic rings. The van der Waals surface area contributed by atoms with E-state index in [9.17, 15) is 43.9 Å². The molecule has 2 unspecified atom stereocenters. The van der Waals surface area contributed by atoms with E-state index in [2.05, 4.69) is 0 Å². The highest BCUT2D eigenvalue weighted by Crippen LogP contribution is 2.66. The molecule has 0 amide bonds. The van der Waals surface area contributed by atoms with Gasteiger partial charge in [-0.05, 0) is 0 Å². The van der Waals surface area contributed by atoms with Crippen molar-refractivity contribution in [3.63, 3.8) is 0 Å². The Kier molecular flexibility index (Phi) is 2.94. The van der Waals surface area contributed by atoms with Gasteiger partial charge in [0.25, 0.3) is 0 Å². The lowest BCUT2D eigenvalue weighted by molar-refractivity contribution is -0.442. The van der Waals surface area contributed by atoms with Crippen LogP contribution < -0.4 is 0 Å². The summed E-state index contributed by atoms with van der Waals surface area (Å²) in [5, 5.41) is 0. The van der Waals surface area contributed by atoms with E-state index in [1.54, 1.807) is 0 Å². The third-order valence-electron chi connectivity index (χ3n) is 3.15. The number of hydrogen-bond acceptors (Lipinski definition) is 0. The molecule has 1 aliphatic rings. The summed E-state index contributed by atoms with van der Waals surface area (Å²) >= 11 is 0. The van der Waals surface area contributed by atoms with E-state index in [-0.39, 0.29) is 6.92 Å². The first-order valence-electron chi connectivity index (χ1n) is 4.48. The molecule has 0 heterocycles. The highest BCUT2D eigenvalue weighted by atomic mass is 19.4. The van der Waals surface area contributed by atoms with Crippen LogP contribution >= 0.6 is 0 Å². The van der Waals surface area contributed by atoms with Crippen molar-refractivity contribution in [3.05, 3.63) is 0 Å². The Morgan fingerprint density at radius 3 is 1.44 bits per heavy atom. The van der Waals surface area contributed by atoms with Gasteiger partial charge in [0, 0.05) is 0 Å². The number of alkyl halides is 10. The van der Waals surface area contributed by atoms with Gasteiger partial charge < -0.3 is 0 Å². The molecule has 0 radical (unpaired) electrons. The van der Waals surface area contributed by atoms with Crippen LogP contribution in [0.1, 0.15) is 6.92 Å². The van der Waals surface area contributed by atoms with Crippen LogP contribution in [0.4, 0.5) is 43.9 Å². The lowest BCUT2D eigenvalue weighted by atomic mass is 9.69. The first-order valence-corrected chi connectivity index (χ1v) is 4.48. The Bertz CT molecular complexity index is 332. The molecule has 0 aromatic heterocycles. The maximum Gasteiger partial charge on any atom is 0.381 e. The molecule has 0 aromatic carbocycles. The van der Waals surface area contributed by atoms with E-state index in [4.69, 9.17) is 0 Å². The highest BCUT2D eigenvalue weighted by Gasteiger charge is 2.93. The van der Waals surface area contributed by atoms with Crippen LogP contribution in [0.3, 0.4) is 0 Å². The van der Waals surface area contributed by atoms with Crippen LogP contribution in [0, 0.1) is 5.92 Å². The summed E-state index contributed by atoms with van der Waals surface area (Å²) in [5.41, 5.74) is -5.08. The molecule has 1 fully saturated rings. The molecule has 18 heavy (non-hydrogen) atoms. The second-order valence-electron chi connectivity index (χ2n) is 4.06. The summed E-state index contributed by atoms with van der Waals surface area (Å²) in [4.78, 5) is 0. The van der Waals surface area contributed by atoms with Crippen LogP contribution in [0.25, 0.3) is 0 Å². The molecule has 0 spiro atoms. The average molecular weight is 292 g/mol. The number of hydrogen-bond donors (Lipinski definition) is 0. The molecule has 2 atom stereocenters. The zero-order valence-corrected chi connectivity index (χ0v) is 8.56. The molecule has 108 valence electrons. The fraction of sp³-hybridized carbons (Fsp3) is 1.00.